The van der Waals surface area contributed by atoms with E-state index in [9.17, 15) is 4.79 Å². The molecule has 5 heteroatoms. The molecule has 2 N–H and O–H groups in total. The first kappa shape index (κ1) is 9.15. The number of nitrogens with two attached hydrogens (primary N) is 1. The van der Waals surface area contributed by atoms with Crippen molar-refractivity contribution in [3.8, 4) is 0 Å². The molecule has 0 radical (unpaired) electrons. The van der Waals surface area contributed by atoms with E-state index in [4.69, 9.17) is 10.6 Å². The number of hydrogen-bond donors (Lipinski definition) is 1. The summed E-state index contributed by atoms with van der Waals surface area (Å²) in [4.78, 5) is 15.8. The van der Waals surface area contributed by atoms with Crippen molar-refractivity contribution < 1.29 is 9.63 Å². The molecular formula is C7H10N2O2S. The molecule has 0 aromatic carbocycles. The van der Waals surface area contributed by atoms with Gasteiger partial charge in [0.2, 0.25) is 0 Å². The molecule has 0 aliphatic carbocycles. The van der Waals surface area contributed by atoms with Gasteiger partial charge in [-0.05, 0) is 17.7 Å². The van der Waals surface area contributed by atoms with Gasteiger partial charge in [-0.3, -0.25) is 0 Å². The van der Waals surface area contributed by atoms with E-state index in [-0.39, 0.29) is 0 Å². The molecule has 66 valence electrons. The smallest absolute Gasteiger partial charge is 0.335 e. The van der Waals surface area contributed by atoms with Gasteiger partial charge in [-0.1, -0.05) is 0 Å². The second-order valence-electron chi connectivity index (χ2n) is 2.27. The van der Waals surface area contributed by atoms with E-state index in [2.05, 4.69) is 0 Å². The molecule has 0 aromatic rings. The van der Waals surface area contributed by atoms with Crippen LogP contribution in [0.5, 0.6) is 0 Å². The summed E-state index contributed by atoms with van der Waals surface area (Å²) in [6.45, 7) is 1.58. The predicted molar refractivity (Wildman–Crippen MR) is 47.5 cm³/mol. The van der Waals surface area contributed by atoms with Crippen molar-refractivity contribution in [3.63, 3.8) is 0 Å². The highest BCUT2D eigenvalue weighted by Crippen LogP contribution is 2.12. The maximum atomic E-state index is 10.9. The Morgan fingerprint density at radius 3 is 2.67 bits per heavy atom. The molecule has 4 nitrogen and oxygen atoms in total. The van der Waals surface area contributed by atoms with Crippen LogP contribution in [0.3, 0.4) is 0 Å². The van der Waals surface area contributed by atoms with Crippen LogP contribution in [0.4, 0.5) is 0 Å². The Hall–Kier alpha value is -0.940. The van der Waals surface area contributed by atoms with E-state index in [0.717, 1.165) is 0 Å². The fourth-order valence-corrected chi connectivity index (χ4v) is 1.00. The van der Waals surface area contributed by atoms with Gasteiger partial charge in [0.15, 0.2) is 0 Å². The van der Waals surface area contributed by atoms with E-state index in [1.54, 1.807) is 30.1 Å². The number of hydroxylamine groups is 2. The molecule has 1 aliphatic heterocycles. The Balaban J connectivity index is 2.40. The summed E-state index contributed by atoms with van der Waals surface area (Å²) < 4.78 is 0. The Labute approximate surface area is 75.0 Å². The van der Waals surface area contributed by atoms with Crippen LogP contribution in [0.25, 0.3) is 0 Å². The predicted octanol–water partition coefficient (Wildman–Crippen LogP) is 0.783. The highest BCUT2D eigenvalue weighted by molar-refractivity contribution is 8.04. The number of hydrogen-bond acceptors (Lipinski definition) is 5. The highest BCUT2D eigenvalue weighted by atomic mass is 32.2. The monoisotopic (exact) mass is 186 g/mol. The van der Waals surface area contributed by atoms with Gasteiger partial charge in [0.25, 0.3) is 0 Å². The average molecular weight is 186 g/mol. The third kappa shape index (κ3) is 2.60. The summed E-state index contributed by atoms with van der Waals surface area (Å²) in [5, 5.41) is 4.92. The summed E-state index contributed by atoms with van der Waals surface area (Å²) in [6.07, 6.45) is 3.29. The van der Waals surface area contributed by atoms with Crippen LogP contribution < -0.4 is 5.73 Å². The number of carbonyl (C=O) groups excluding carboxylic acids is 1. The summed E-state index contributed by atoms with van der Waals surface area (Å²) in [7, 11) is 0. The van der Waals surface area contributed by atoms with Crippen molar-refractivity contribution in [1.82, 2.24) is 5.06 Å². The fourth-order valence-electron chi connectivity index (χ4n) is 0.533. The van der Waals surface area contributed by atoms with Crippen molar-refractivity contribution in [2.45, 2.75) is 13.0 Å². The molecule has 0 saturated carbocycles. The first-order valence-electron chi connectivity index (χ1n) is 3.44. The van der Waals surface area contributed by atoms with Crippen molar-refractivity contribution in [1.29, 1.82) is 0 Å². The lowest BCUT2D eigenvalue weighted by atomic mass is 10.4. The van der Waals surface area contributed by atoms with Crippen molar-refractivity contribution >= 4 is 17.7 Å². The van der Waals surface area contributed by atoms with E-state index in [0.29, 0.717) is 0 Å². The van der Waals surface area contributed by atoms with Gasteiger partial charge in [-0.25, -0.2) is 4.79 Å². The quantitative estimate of drug-likeness (QED) is 0.690. The summed E-state index contributed by atoms with van der Waals surface area (Å²) >= 11 is 1.51. The minimum atomic E-state index is -0.596. The van der Waals surface area contributed by atoms with Crippen molar-refractivity contribution in [2.75, 3.05) is 0 Å². The standard InChI is InChI=1S/C7H10N2O2S/c1-6(8)7(10)11-9-2-4-12-5-3-9/h2-6H,8H2,1H3/t6-/m0/s1. The van der Waals surface area contributed by atoms with E-state index in [1.807, 2.05) is 0 Å². The zero-order chi connectivity index (χ0) is 8.97. The molecule has 1 heterocycles. The maximum Gasteiger partial charge on any atom is 0.349 e. The largest absolute Gasteiger partial charge is 0.349 e. The van der Waals surface area contributed by atoms with Crippen LogP contribution in [0.15, 0.2) is 23.2 Å². The SMILES string of the molecule is C[C@H](N)C(=O)ON1C=CSC=C1. The maximum absolute atomic E-state index is 10.9. The van der Waals surface area contributed by atoms with Crippen LogP contribution >= 0.6 is 11.8 Å². The molecule has 0 aromatic heterocycles. The van der Waals surface area contributed by atoms with Gasteiger partial charge in [0.1, 0.15) is 6.04 Å². The van der Waals surface area contributed by atoms with Crippen LogP contribution in [-0.2, 0) is 9.63 Å². The highest BCUT2D eigenvalue weighted by Gasteiger charge is 2.11. The van der Waals surface area contributed by atoms with Gasteiger partial charge in [-0.2, -0.15) is 5.06 Å². The van der Waals surface area contributed by atoms with Gasteiger partial charge in [0.05, 0.1) is 12.4 Å². The normalized spacial score (nSPS) is 17.7. The Kier molecular flexibility index (Phi) is 3.19. The van der Waals surface area contributed by atoms with Gasteiger partial charge >= 0.3 is 5.97 Å². The molecule has 0 fully saturated rings. The molecule has 0 amide bonds. The second kappa shape index (κ2) is 4.18. The van der Waals surface area contributed by atoms with E-state index >= 15 is 0 Å². The number of carbonyl (C=O) groups is 1. The fraction of sp³-hybridized carbons (Fsp3) is 0.286. The van der Waals surface area contributed by atoms with E-state index < -0.39 is 12.0 Å². The lowest BCUT2D eigenvalue weighted by molar-refractivity contribution is -0.170. The molecule has 12 heavy (non-hydrogen) atoms. The lowest BCUT2D eigenvalue weighted by Gasteiger charge is -2.17. The van der Waals surface area contributed by atoms with Crippen LogP contribution in [0.1, 0.15) is 6.92 Å². The van der Waals surface area contributed by atoms with Crippen LogP contribution in [0, 0.1) is 0 Å². The first-order valence-corrected chi connectivity index (χ1v) is 4.39. The third-order valence-electron chi connectivity index (χ3n) is 1.14. The Morgan fingerprint density at radius 1 is 1.58 bits per heavy atom. The lowest BCUT2D eigenvalue weighted by Crippen LogP contribution is -2.32. The van der Waals surface area contributed by atoms with Crippen LogP contribution in [-0.4, -0.2) is 17.1 Å². The third-order valence-corrected chi connectivity index (χ3v) is 1.70. The molecular weight excluding hydrogens is 176 g/mol. The topological polar surface area (TPSA) is 55.6 Å². The average Bonchev–Trinajstić information content (AvgIpc) is 2.06. The van der Waals surface area contributed by atoms with E-state index in [1.165, 1.54) is 16.8 Å². The Morgan fingerprint density at radius 2 is 2.17 bits per heavy atom. The summed E-state index contributed by atoms with van der Waals surface area (Å²) in [6, 6.07) is -0.596. The number of thioether (sulfide) groups is 1. The summed E-state index contributed by atoms with van der Waals surface area (Å²) in [5.74, 6) is -0.448. The minimum Gasteiger partial charge on any atom is -0.335 e. The second-order valence-corrected chi connectivity index (χ2v) is 3.08. The molecule has 0 unspecified atom stereocenters. The molecule has 1 aliphatic rings. The first-order chi connectivity index (χ1) is 5.70. The molecule has 1 atom stereocenters. The molecule has 0 spiro atoms. The van der Waals surface area contributed by atoms with Crippen LogP contribution in [0.2, 0.25) is 0 Å². The van der Waals surface area contributed by atoms with Crippen molar-refractivity contribution in [2.24, 2.45) is 5.73 Å². The zero-order valence-corrected chi connectivity index (χ0v) is 7.45. The van der Waals surface area contributed by atoms with Crippen molar-refractivity contribution in [3.05, 3.63) is 23.2 Å². The number of rotatable bonds is 2. The molecule has 1 rings (SSSR count). The zero-order valence-electron chi connectivity index (χ0n) is 6.64. The van der Waals surface area contributed by atoms with Gasteiger partial charge in [-0.15, -0.1) is 11.8 Å². The van der Waals surface area contributed by atoms with Gasteiger partial charge in [0, 0.05) is 0 Å². The van der Waals surface area contributed by atoms with Gasteiger partial charge < -0.3 is 10.6 Å². The number of nitrogens with zero attached hydrogens (tertiary/aromatic N) is 1. The molecule has 0 saturated heterocycles. The Bertz CT molecular complexity index is 213. The minimum absolute atomic E-state index is 0.448. The molecule has 0 bridgehead atoms. The summed E-state index contributed by atoms with van der Waals surface area (Å²) in [5.41, 5.74) is 5.30.